The van der Waals surface area contributed by atoms with Crippen LogP contribution in [0.25, 0.3) is 11.4 Å². The van der Waals surface area contributed by atoms with Gasteiger partial charge in [-0.3, -0.25) is 42.9 Å². The van der Waals surface area contributed by atoms with Gasteiger partial charge in [-0.1, -0.05) is 12.1 Å². The van der Waals surface area contributed by atoms with Crippen molar-refractivity contribution in [2.24, 2.45) is 0 Å². The third-order valence-electron chi connectivity index (χ3n) is 15.2. The lowest BCUT2D eigenvalue weighted by Crippen LogP contribution is -2.48. The van der Waals surface area contributed by atoms with Crippen molar-refractivity contribution in [2.75, 3.05) is 91.6 Å². The molecule has 0 saturated carbocycles. The molecule has 86 heavy (non-hydrogen) atoms. The number of Topliss-reactive ketones (excluding diaryl/α,β-unsaturated/α-hetero) is 1. The van der Waals surface area contributed by atoms with Gasteiger partial charge in [0.05, 0.1) is 65.8 Å². The number of halogens is 6. The van der Waals surface area contributed by atoms with E-state index in [2.05, 4.69) is 30.2 Å². The predicted molar refractivity (Wildman–Crippen MR) is 309 cm³/mol. The van der Waals surface area contributed by atoms with Crippen LogP contribution in [0.2, 0.25) is 0 Å². The maximum absolute atomic E-state index is 13.9. The summed E-state index contributed by atoms with van der Waals surface area (Å²) in [5.41, 5.74) is -4.15. The number of piperazine rings is 2. The van der Waals surface area contributed by atoms with Crippen LogP contribution in [-0.2, 0) is 38.7 Å². The van der Waals surface area contributed by atoms with Crippen LogP contribution in [0.1, 0.15) is 80.0 Å². The van der Waals surface area contributed by atoms with Crippen molar-refractivity contribution in [1.29, 1.82) is 10.5 Å². The van der Waals surface area contributed by atoms with Crippen LogP contribution in [0, 0.1) is 36.5 Å². The highest BCUT2D eigenvalue weighted by Crippen LogP contribution is 2.33. The molecule has 2 saturated heterocycles. The van der Waals surface area contributed by atoms with E-state index in [1.165, 1.54) is 86.6 Å². The van der Waals surface area contributed by atoms with Crippen molar-refractivity contribution in [1.82, 2.24) is 39.4 Å². The van der Waals surface area contributed by atoms with Crippen LogP contribution in [0.4, 0.5) is 26.3 Å². The summed E-state index contributed by atoms with van der Waals surface area (Å²) >= 11 is 0. The lowest BCUT2D eigenvalue weighted by Gasteiger charge is -2.34. The van der Waals surface area contributed by atoms with Crippen LogP contribution >= 0.6 is 0 Å². The molecule has 2 unspecified atom stereocenters. The van der Waals surface area contributed by atoms with Crippen molar-refractivity contribution in [3.63, 3.8) is 0 Å². The number of alkyl halides is 6. The zero-order chi connectivity index (χ0) is 61.9. The summed E-state index contributed by atoms with van der Waals surface area (Å²) < 4.78 is 112. The molecule has 2 atom stereocenters. The minimum absolute atomic E-state index is 0.0317. The number of amides is 2. The smallest absolute Gasteiger partial charge is 0.351 e. The van der Waals surface area contributed by atoms with Gasteiger partial charge in [0.15, 0.2) is 0 Å². The van der Waals surface area contributed by atoms with Gasteiger partial charge in [-0.2, -0.15) is 36.9 Å². The average Bonchev–Trinajstić information content (AvgIpc) is 0.891. The number of ketones is 1. The Morgan fingerprint density at radius 2 is 0.849 bits per heavy atom. The highest BCUT2D eigenvalue weighted by atomic mass is 32.2. The molecule has 4 heterocycles. The van der Waals surface area contributed by atoms with Gasteiger partial charge >= 0.3 is 12.4 Å². The first-order valence-corrected chi connectivity index (χ1v) is 30.0. The fraction of sp³-hybridized carbons (Fsp3) is 0.361. The number of nitrogens with zero attached hydrogens (tertiary/aromatic N) is 8. The molecule has 8 rings (SSSR count). The van der Waals surface area contributed by atoms with Crippen molar-refractivity contribution in [3.8, 4) is 23.5 Å². The molecule has 2 amide bonds. The van der Waals surface area contributed by atoms with E-state index in [0.717, 1.165) is 84.8 Å². The largest absolute Gasteiger partial charge is 0.416 e. The molecule has 6 aromatic rings. The predicted octanol–water partition coefficient (Wildman–Crippen LogP) is 7.24. The van der Waals surface area contributed by atoms with Crippen LogP contribution in [0.3, 0.4) is 0 Å². The average molecular weight is 1230 g/mol. The van der Waals surface area contributed by atoms with Crippen LogP contribution < -0.4 is 21.8 Å². The molecular formula is C61H62F6N10O7S2. The third kappa shape index (κ3) is 15.9. The van der Waals surface area contributed by atoms with Crippen molar-refractivity contribution in [3.05, 3.63) is 175 Å². The van der Waals surface area contributed by atoms with Crippen molar-refractivity contribution < 1.29 is 49.1 Å². The molecule has 452 valence electrons. The number of pyridine rings is 2. The molecule has 0 aliphatic carbocycles. The fourth-order valence-corrected chi connectivity index (χ4v) is 12.8. The molecule has 2 aromatic heterocycles. The summed E-state index contributed by atoms with van der Waals surface area (Å²) in [6.07, 6.45) is -7.15. The molecule has 4 aromatic carbocycles. The maximum Gasteiger partial charge on any atom is 0.416 e. The Bertz CT molecular complexity index is 3490. The Hall–Kier alpha value is -7.91. The first kappa shape index (κ1) is 64.1. The molecule has 17 nitrogen and oxygen atoms in total. The van der Waals surface area contributed by atoms with Gasteiger partial charge in [-0.15, -0.1) is 0 Å². The summed E-state index contributed by atoms with van der Waals surface area (Å²) in [5, 5.41) is 24.0. The number of benzene rings is 4. The maximum atomic E-state index is 13.9. The number of nitrogens with one attached hydrogen (secondary N) is 2. The second-order valence-corrected chi connectivity index (χ2v) is 23.7. The van der Waals surface area contributed by atoms with Gasteiger partial charge in [0.25, 0.3) is 22.9 Å². The summed E-state index contributed by atoms with van der Waals surface area (Å²) in [6.45, 7) is 11.2. The van der Waals surface area contributed by atoms with Crippen LogP contribution in [0.15, 0.2) is 138 Å². The van der Waals surface area contributed by atoms with E-state index in [1.54, 1.807) is 0 Å². The van der Waals surface area contributed by atoms with E-state index in [1.807, 2.05) is 12.1 Å². The zero-order valence-corrected chi connectivity index (χ0v) is 48.8. The number of hydrogen-bond acceptors (Lipinski definition) is 13. The number of nitriles is 2. The number of carbonyl (C=O) groups is 3. The van der Waals surface area contributed by atoms with E-state index >= 15 is 0 Å². The summed E-state index contributed by atoms with van der Waals surface area (Å²) in [4.78, 5) is 77.5. The monoisotopic (exact) mass is 1220 g/mol. The van der Waals surface area contributed by atoms with Crippen molar-refractivity contribution in [2.45, 2.75) is 71.5 Å². The highest BCUT2D eigenvalue weighted by molar-refractivity contribution is 7.85. The summed E-state index contributed by atoms with van der Waals surface area (Å²) in [7, 11) is -3.99. The summed E-state index contributed by atoms with van der Waals surface area (Å²) in [5.74, 6) is -1.39. The standard InChI is InChI=1S/C61H62F6N10O7S2/c1-41-54(85(83)50-17-13-43(39-68)14-18-50)37-52(58(81)76(41)47-9-3-7-45(35-47)60(62,63)64)56(79)70-21-25-74-31-27-72(28-32-74)23-5-11-49(78)12-6-24-73-29-33-75(34-30-73)26-22-71-57(80)53-38-55(86(84)51-19-15-44(40-69)16-20-51)42(2)77(59(53)82)48-10-4-8-46(36-48)61(65,66)67/h3-4,7-10,13-20,35-38H,5-6,11-12,21-34H2,1-2H3,(H,70,79)(H,71,80). The number of hydrogen-bond donors (Lipinski definition) is 2. The fourth-order valence-electron chi connectivity index (χ4n) is 10.3. The molecule has 2 N–H and O–H groups in total. The van der Waals surface area contributed by atoms with Gasteiger partial charge in [0, 0.05) is 124 Å². The van der Waals surface area contributed by atoms with Crippen molar-refractivity contribution >= 4 is 39.2 Å². The Morgan fingerprint density at radius 3 is 1.17 bits per heavy atom. The molecule has 25 heteroatoms. The Morgan fingerprint density at radius 1 is 0.512 bits per heavy atom. The zero-order valence-electron chi connectivity index (χ0n) is 47.1. The van der Waals surface area contributed by atoms with Gasteiger partial charge in [-0.05, 0) is 137 Å². The number of rotatable bonds is 22. The minimum atomic E-state index is -4.72. The number of aromatic nitrogens is 2. The molecule has 2 aliphatic heterocycles. The molecule has 0 bridgehead atoms. The van der Waals surface area contributed by atoms with E-state index in [0.29, 0.717) is 76.1 Å². The van der Waals surface area contributed by atoms with E-state index < -0.39 is 79.1 Å². The van der Waals surface area contributed by atoms with Crippen LogP contribution in [-0.4, -0.2) is 146 Å². The quantitative estimate of drug-likeness (QED) is 0.0642. The van der Waals surface area contributed by atoms with E-state index in [-0.39, 0.29) is 61.2 Å². The van der Waals surface area contributed by atoms with Gasteiger partial charge in [-0.25, -0.2) is 8.42 Å². The van der Waals surface area contributed by atoms with Gasteiger partial charge < -0.3 is 20.4 Å². The molecule has 0 radical (unpaired) electrons. The van der Waals surface area contributed by atoms with E-state index in [9.17, 15) is 69.3 Å². The second-order valence-electron chi connectivity index (χ2n) is 20.8. The lowest BCUT2D eigenvalue weighted by atomic mass is 10.1. The Labute approximate surface area is 497 Å². The van der Waals surface area contributed by atoms with Gasteiger partial charge in [0.1, 0.15) is 16.9 Å². The molecule has 0 spiro atoms. The Balaban J connectivity index is 0.747. The lowest BCUT2D eigenvalue weighted by molar-refractivity contribution is -0.138. The first-order valence-electron chi connectivity index (χ1n) is 27.7. The number of carbonyl (C=O) groups excluding carboxylic acids is 3. The molecule has 2 aliphatic rings. The molecular weight excluding hydrogens is 1160 g/mol. The SMILES string of the molecule is Cc1c(S(=O)c2ccc(C#N)cc2)cc(C(=O)NCCN2CCN(CCCC(=O)CCCN3CCN(CCNC(=O)c4cc(S(=O)c5ccc(C#N)cc5)c(C)n(-c5cccc(C(F)(F)F)c5)c4=O)CC3)CC2)c(=O)n1-c1cccc(C(F)(F)F)c1. The first-order chi connectivity index (χ1) is 41.0. The van der Waals surface area contributed by atoms with Gasteiger partial charge in [0.2, 0.25) is 0 Å². The molecule has 2 fully saturated rings. The van der Waals surface area contributed by atoms with E-state index in [4.69, 9.17) is 0 Å². The second kappa shape index (κ2) is 28.5. The Kier molecular flexibility index (Phi) is 21.3. The van der Waals surface area contributed by atoms with Crippen LogP contribution in [0.5, 0.6) is 0 Å². The normalized spacial score (nSPS) is 15.3. The minimum Gasteiger partial charge on any atom is -0.351 e. The topological polar surface area (TPSA) is 214 Å². The third-order valence-corrected chi connectivity index (χ3v) is 18.2. The highest BCUT2D eigenvalue weighted by Gasteiger charge is 2.33. The summed E-state index contributed by atoms with van der Waals surface area (Å²) in [6, 6.07) is 26.2.